The standard InChI is InChI=1S/C55H88NO7P/c1-3-5-7-9-11-13-15-17-19-21-23-25-26-27-28-29-30-32-34-36-38-40-42-44-46-48-55(57)63-54(53-62-64(58,59)61-51-49-56)52-60-50-47-45-43-41-39-37-35-33-31-24-22-20-18-16-14-12-10-8-6-4-2/h5-8,11-14,17-20,23-25,27-28,30-32,35-38,54H,3-4,9-10,15-16,21-22,26,29,33-34,39-53,56H2,1-2H3,(H,58,59)/b7-5-,8-6-,13-11-,14-12-,19-17-,20-18-,25-23-,28-27-,31-24-,32-30-,37-35-,38-36-. The van der Waals surface area contributed by atoms with E-state index in [1.807, 2.05) is 0 Å². The van der Waals surface area contributed by atoms with Crippen LogP contribution in [-0.2, 0) is 27.9 Å². The van der Waals surface area contributed by atoms with Gasteiger partial charge in [0.15, 0.2) is 0 Å². The number of esters is 1. The highest BCUT2D eigenvalue weighted by Gasteiger charge is 2.25. The number of hydrogen-bond donors (Lipinski definition) is 2. The van der Waals surface area contributed by atoms with Crippen molar-refractivity contribution in [2.75, 3.05) is 33.0 Å². The summed E-state index contributed by atoms with van der Waals surface area (Å²) in [5, 5.41) is 0. The van der Waals surface area contributed by atoms with Gasteiger partial charge in [-0.3, -0.25) is 13.8 Å². The van der Waals surface area contributed by atoms with Crippen molar-refractivity contribution in [3.05, 3.63) is 146 Å². The third-order valence-electron chi connectivity index (χ3n) is 9.25. The second-order valence-electron chi connectivity index (χ2n) is 15.2. The number of phosphoric ester groups is 1. The van der Waals surface area contributed by atoms with E-state index < -0.39 is 13.9 Å². The normalized spacial score (nSPS) is 14.6. The van der Waals surface area contributed by atoms with E-state index in [2.05, 4.69) is 160 Å². The minimum Gasteiger partial charge on any atom is -0.457 e. The summed E-state index contributed by atoms with van der Waals surface area (Å²) in [6.45, 7) is 4.54. The van der Waals surface area contributed by atoms with Gasteiger partial charge in [0.2, 0.25) is 0 Å². The van der Waals surface area contributed by atoms with E-state index in [0.717, 1.165) is 128 Å². The van der Waals surface area contributed by atoms with Crippen molar-refractivity contribution in [3.63, 3.8) is 0 Å². The molecular formula is C55H88NO7P. The van der Waals surface area contributed by atoms with Gasteiger partial charge in [0, 0.05) is 19.6 Å². The lowest BCUT2D eigenvalue weighted by atomic mass is 10.1. The minimum absolute atomic E-state index is 0.0736. The van der Waals surface area contributed by atoms with Crippen molar-refractivity contribution < 1.29 is 32.8 Å². The number of nitrogens with two attached hydrogens (primary N) is 1. The first-order chi connectivity index (χ1) is 31.4. The van der Waals surface area contributed by atoms with Crippen LogP contribution >= 0.6 is 7.82 Å². The van der Waals surface area contributed by atoms with Crippen molar-refractivity contribution in [1.82, 2.24) is 0 Å². The van der Waals surface area contributed by atoms with Crippen LogP contribution in [0.15, 0.2) is 146 Å². The topological polar surface area (TPSA) is 117 Å². The maximum atomic E-state index is 12.6. The Kier molecular flexibility index (Phi) is 47.5. The third-order valence-corrected chi connectivity index (χ3v) is 10.2. The molecule has 0 amide bonds. The fourth-order valence-corrected chi connectivity index (χ4v) is 6.53. The molecule has 9 heteroatoms. The maximum Gasteiger partial charge on any atom is 0.472 e. The minimum atomic E-state index is -4.31. The Morgan fingerprint density at radius 1 is 0.469 bits per heavy atom. The number of phosphoric acid groups is 1. The highest BCUT2D eigenvalue weighted by Crippen LogP contribution is 2.43. The Labute approximate surface area is 390 Å². The summed E-state index contributed by atoms with van der Waals surface area (Å²) in [4.78, 5) is 22.6. The molecule has 8 nitrogen and oxygen atoms in total. The number of allylic oxidation sites excluding steroid dienone is 24. The van der Waals surface area contributed by atoms with Crippen LogP contribution in [0.5, 0.6) is 0 Å². The molecule has 0 aromatic rings. The van der Waals surface area contributed by atoms with Gasteiger partial charge in [-0.2, -0.15) is 0 Å². The van der Waals surface area contributed by atoms with Gasteiger partial charge in [-0.25, -0.2) is 4.57 Å². The quantitative estimate of drug-likeness (QED) is 0.0269. The molecular weight excluding hydrogens is 818 g/mol. The zero-order chi connectivity index (χ0) is 46.5. The lowest BCUT2D eigenvalue weighted by molar-refractivity contribution is -0.154. The van der Waals surface area contributed by atoms with Crippen molar-refractivity contribution in [3.8, 4) is 0 Å². The van der Waals surface area contributed by atoms with E-state index in [9.17, 15) is 14.3 Å². The molecule has 0 aliphatic rings. The average molecular weight is 906 g/mol. The van der Waals surface area contributed by atoms with Gasteiger partial charge in [0.05, 0.1) is 19.8 Å². The van der Waals surface area contributed by atoms with E-state index in [0.29, 0.717) is 13.0 Å². The van der Waals surface area contributed by atoms with Gasteiger partial charge in [-0.15, -0.1) is 0 Å². The van der Waals surface area contributed by atoms with Crippen LogP contribution in [0, 0.1) is 0 Å². The predicted octanol–water partition coefficient (Wildman–Crippen LogP) is 15.3. The molecule has 0 saturated heterocycles. The molecule has 0 bridgehead atoms. The highest BCUT2D eigenvalue weighted by molar-refractivity contribution is 7.47. The fourth-order valence-electron chi connectivity index (χ4n) is 5.77. The molecule has 0 spiro atoms. The Morgan fingerprint density at radius 2 is 0.828 bits per heavy atom. The molecule has 2 unspecified atom stereocenters. The number of ether oxygens (including phenoxy) is 2. The molecule has 0 aromatic heterocycles. The van der Waals surface area contributed by atoms with Crippen LogP contribution in [0.4, 0.5) is 0 Å². The molecule has 0 rings (SSSR count). The highest BCUT2D eigenvalue weighted by atomic mass is 31.2. The first-order valence-corrected chi connectivity index (χ1v) is 25.8. The van der Waals surface area contributed by atoms with Gasteiger partial charge in [0.25, 0.3) is 0 Å². The Bertz CT molecular complexity index is 1480. The second-order valence-corrected chi connectivity index (χ2v) is 16.7. The first kappa shape index (κ1) is 60.4. The molecule has 360 valence electrons. The fraction of sp³-hybridized carbons (Fsp3) is 0.545. The summed E-state index contributed by atoms with van der Waals surface area (Å²) in [5.74, 6) is -0.379. The Balaban J connectivity index is 4.17. The van der Waals surface area contributed by atoms with Crippen molar-refractivity contribution in [2.45, 2.75) is 161 Å². The smallest absolute Gasteiger partial charge is 0.457 e. The van der Waals surface area contributed by atoms with Crippen LogP contribution in [0.25, 0.3) is 0 Å². The number of unbranched alkanes of at least 4 members (excludes halogenated alkanes) is 7. The van der Waals surface area contributed by atoms with E-state index >= 15 is 0 Å². The third kappa shape index (κ3) is 49.4. The van der Waals surface area contributed by atoms with Gasteiger partial charge >= 0.3 is 13.8 Å². The lowest BCUT2D eigenvalue weighted by Crippen LogP contribution is -2.28. The van der Waals surface area contributed by atoms with Crippen molar-refractivity contribution in [1.29, 1.82) is 0 Å². The molecule has 0 heterocycles. The molecule has 0 radical (unpaired) electrons. The SMILES string of the molecule is CC/C=C\C/C=C\C/C=C\C/C=C\C/C=C\C/C=C\C/C=C\CCCCCC(=O)OC(COCCCCCC/C=C\C/C=C\C/C=C\C/C=C\C/C=C\CC)COP(=O)(O)OCCN. The monoisotopic (exact) mass is 906 g/mol. The molecule has 0 fully saturated rings. The molecule has 0 saturated carbocycles. The van der Waals surface area contributed by atoms with Crippen molar-refractivity contribution >= 4 is 13.8 Å². The zero-order valence-electron chi connectivity index (χ0n) is 39.9. The molecule has 3 N–H and O–H groups in total. The van der Waals surface area contributed by atoms with Crippen LogP contribution in [0.1, 0.15) is 155 Å². The van der Waals surface area contributed by atoms with E-state index in [1.165, 1.54) is 0 Å². The summed E-state index contributed by atoms with van der Waals surface area (Å²) >= 11 is 0. The molecule has 64 heavy (non-hydrogen) atoms. The second kappa shape index (κ2) is 50.4. The average Bonchev–Trinajstić information content (AvgIpc) is 3.29. The molecule has 0 aliphatic heterocycles. The van der Waals surface area contributed by atoms with Crippen LogP contribution in [0.2, 0.25) is 0 Å². The van der Waals surface area contributed by atoms with Crippen LogP contribution < -0.4 is 5.73 Å². The predicted molar refractivity (Wildman–Crippen MR) is 274 cm³/mol. The Hall–Kier alpha value is -3.62. The number of carbonyl (C=O) groups excluding carboxylic acids is 1. The van der Waals surface area contributed by atoms with E-state index in [-0.39, 0.29) is 38.8 Å². The summed E-state index contributed by atoms with van der Waals surface area (Å²) < 4.78 is 33.5. The number of hydrogen-bond acceptors (Lipinski definition) is 7. The first-order valence-electron chi connectivity index (χ1n) is 24.3. The summed E-state index contributed by atoms with van der Waals surface area (Å²) in [6.07, 6.45) is 73.0. The van der Waals surface area contributed by atoms with Crippen LogP contribution in [-0.4, -0.2) is 49.9 Å². The summed E-state index contributed by atoms with van der Waals surface area (Å²) in [6, 6.07) is 0. The summed E-state index contributed by atoms with van der Waals surface area (Å²) in [5.41, 5.74) is 5.38. The van der Waals surface area contributed by atoms with Crippen LogP contribution in [0.3, 0.4) is 0 Å². The zero-order valence-corrected chi connectivity index (χ0v) is 40.8. The lowest BCUT2D eigenvalue weighted by Gasteiger charge is -2.20. The maximum absolute atomic E-state index is 12.6. The molecule has 0 aliphatic carbocycles. The molecule has 0 aromatic carbocycles. The van der Waals surface area contributed by atoms with Gasteiger partial charge in [0.1, 0.15) is 6.10 Å². The van der Waals surface area contributed by atoms with E-state index in [1.54, 1.807) is 0 Å². The van der Waals surface area contributed by atoms with E-state index in [4.69, 9.17) is 24.3 Å². The largest absolute Gasteiger partial charge is 0.472 e. The number of carbonyl (C=O) groups is 1. The van der Waals surface area contributed by atoms with Gasteiger partial charge < -0.3 is 20.1 Å². The van der Waals surface area contributed by atoms with Crippen molar-refractivity contribution in [2.24, 2.45) is 5.73 Å². The summed E-state index contributed by atoms with van der Waals surface area (Å²) in [7, 11) is -4.31. The molecule has 2 atom stereocenters. The number of rotatable bonds is 44. The van der Waals surface area contributed by atoms with Gasteiger partial charge in [-0.05, 0) is 116 Å². The van der Waals surface area contributed by atoms with Gasteiger partial charge in [-0.1, -0.05) is 179 Å². The Morgan fingerprint density at radius 3 is 1.22 bits per heavy atom.